The van der Waals surface area contributed by atoms with Gasteiger partial charge in [-0.05, 0) is 13.3 Å². The minimum Gasteiger partial charge on any atom is -0.331 e. The van der Waals surface area contributed by atoms with Crippen LogP contribution < -0.4 is 0 Å². The fourth-order valence-electron chi connectivity index (χ4n) is 2.55. The molecule has 1 heterocycles. The summed E-state index contributed by atoms with van der Waals surface area (Å²) in [6.45, 7) is 9.80. The average molecular weight is 255 g/mol. The van der Waals surface area contributed by atoms with Crippen molar-refractivity contribution in [1.29, 1.82) is 0 Å². The van der Waals surface area contributed by atoms with Gasteiger partial charge in [-0.1, -0.05) is 32.6 Å². The predicted molar refractivity (Wildman–Crippen MR) is 76.4 cm³/mol. The van der Waals surface area contributed by atoms with Crippen molar-refractivity contribution < 1.29 is 9.28 Å². The van der Waals surface area contributed by atoms with Crippen LogP contribution in [-0.4, -0.2) is 55.1 Å². The summed E-state index contributed by atoms with van der Waals surface area (Å²) < 4.78 is 1.13. The molecule has 106 valence electrons. The summed E-state index contributed by atoms with van der Waals surface area (Å²) >= 11 is 0. The third-order valence-electron chi connectivity index (χ3n) is 4.43. The van der Waals surface area contributed by atoms with Gasteiger partial charge in [0.05, 0.1) is 39.8 Å². The molecule has 1 aliphatic rings. The zero-order valence-corrected chi connectivity index (χ0v) is 12.6. The fourth-order valence-corrected chi connectivity index (χ4v) is 2.55. The summed E-state index contributed by atoms with van der Waals surface area (Å²) in [6.07, 6.45) is 6.93. The highest BCUT2D eigenvalue weighted by Gasteiger charge is 2.28. The van der Waals surface area contributed by atoms with E-state index < -0.39 is 0 Å². The van der Waals surface area contributed by atoms with E-state index in [9.17, 15) is 4.79 Å². The monoisotopic (exact) mass is 255 g/mol. The molecule has 3 heteroatoms. The number of hydrogen-bond donors (Lipinski definition) is 0. The summed E-state index contributed by atoms with van der Waals surface area (Å²) in [6, 6.07) is 0. The topological polar surface area (TPSA) is 20.3 Å². The summed E-state index contributed by atoms with van der Waals surface area (Å²) in [5, 5.41) is 0. The van der Waals surface area contributed by atoms with Crippen molar-refractivity contribution in [1.82, 2.24) is 4.90 Å². The Morgan fingerprint density at radius 3 is 2.22 bits per heavy atom. The molecule has 0 aliphatic carbocycles. The highest BCUT2D eigenvalue weighted by molar-refractivity contribution is 5.76. The van der Waals surface area contributed by atoms with Crippen LogP contribution in [0.5, 0.6) is 0 Å². The van der Waals surface area contributed by atoms with Crippen LogP contribution in [0.25, 0.3) is 0 Å². The van der Waals surface area contributed by atoms with Crippen molar-refractivity contribution in [2.75, 3.05) is 39.8 Å². The quantitative estimate of drug-likeness (QED) is 0.506. The number of carbonyl (C=O) groups is 1. The molecule has 3 nitrogen and oxygen atoms in total. The van der Waals surface area contributed by atoms with Gasteiger partial charge in [-0.25, -0.2) is 0 Å². The highest BCUT2D eigenvalue weighted by atomic mass is 16.2. The Bertz CT molecular complexity index is 245. The molecule has 1 saturated heterocycles. The molecule has 0 unspecified atom stereocenters. The Morgan fingerprint density at radius 2 is 1.67 bits per heavy atom. The summed E-state index contributed by atoms with van der Waals surface area (Å²) in [5.41, 5.74) is 0. The number of amides is 1. The maximum absolute atomic E-state index is 12.0. The van der Waals surface area contributed by atoms with Crippen LogP contribution in [0.4, 0.5) is 0 Å². The van der Waals surface area contributed by atoms with Gasteiger partial charge in [0.15, 0.2) is 0 Å². The predicted octanol–water partition coefficient (Wildman–Crippen LogP) is 2.66. The maximum Gasteiger partial charge on any atom is 0.222 e. The minimum absolute atomic E-state index is 0.383. The van der Waals surface area contributed by atoms with E-state index in [4.69, 9.17) is 0 Å². The zero-order chi connectivity index (χ0) is 13.4. The van der Waals surface area contributed by atoms with Crippen LogP contribution in [0, 0.1) is 0 Å². The SMILES string of the molecule is CCCCCCCC(=O)N1CC[N+](C)(CC)CC1. The van der Waals surface area contributed by atoms with E-state index in [2.05, 4.69) is 25.8 Å². The number of unbranched alkanes of at least 4 members (excludes halogenated alkanes) is 4. The van der Waals surface area contributed by atoms with Crippen molar-refractivity contribution >= 4 is 5.91 Å². The van der Waals surface area contributed by atoms with Crippen LogP contribution in [0.3, 0.4) is 0 Å². The first-order valence-electron chi connectivity index (χ1n) is 7.72. The molecular formula is C15H31N2O+. The molecule has 0 aromatic heterocycles. The van der Waals surface area contributed by atoms with Gasteiger partial charge >= 0.3 is 0 Å². The molecule has 1 aliphatic heterocycles. The molecule has 1 fully saturated rings. The number of hydrogen-bond acceptors (Lipinski definition) is 1. The fraction of sp³-hybridized carbons (Fsp3) is 0.933. The molecular weight excluding hydrogens is 224 g/mol. The van der Waals surface area contributed by atoms with E-state index in [1.54, 1.807) is 0 Å². The molecule has 1 rings (SSSR count). The van der Waals surface area contributed by atoms with Gasteiger partial charge in [-0.3, -0.25) is 4.79 Å². The minimum atomic E-state index is 0.383. The van der Waals surface area contributed by atoms with E-state index in [0.717, 1.165) is 43.5 Å². The van der Waals surface area contributed by atoms with Gasteiger partial charge < -0.3 is 9.38 Å². The lowest BCUT2D eigenvalue weighted by atomic mass is 10.1. The average Bonchev–Trinajstić information content (AvgIpc) is 2.39. The first-order valence-corrected chi connectivity index (χ1v) is 7.72. The van der Waals surface area contributed by atoms with E-state index in [1.165, 1.54) is 32.2 Å². The lowest BCUT2D eigenvalue weighted by Gasteiger charge is -2.41. The zero-order valence-electron chi connectivity index (χ0n) is 12.6. The van der Waals surface area contributed by atoms with Crippen LogP contribution >= 0.6 is 0 Å². The summed E-state index contributed by atoms with van der Waals surface area (Å²) in [5.74, 6) is 0.383. The number of piperazine rings is 1. The molecule has 0 saturated carbocycles. The molecule has 0 bridgehead atoms. The highest BCUT2D eigenvalue weighted by Crippen LogP contribution is 2.12. The first kappa shape index (κ1) is 15.5. The third-order valence-corrected chi connectivity index (χ3v) is 4.43. The Hall–Kier alpha value is -0.570. The largest absolute Gasteiger partial charge is 0.331 e. The standard InChI is InChI=1S/C15H31N2O/c1-4-6-7-8-9-10-15(18)16-11-13-17(3,5-2)14-12-16/h4-14H2,1-3H3/q+1. The van der Waals surface area contributed by atoms with Crippen LogP contribution in [-0.2, 0) is 4.79 Å². The second kappa shape index (κ2) is 7.78. The third kappa shape index (κ3) is 4.97. The molecule has 1 amide bonds. The molecule has 0 radical (unpaired) electrons. The first-order chi connectivity index (χ1) is 8.61. The maximum atomic E-state index is 12.0. The van der Waals surface area contributed by atoms with Gasteiger partial charge in [0, 0.05) is 6.42 Å². The van der Waals surface area contributed by atoms with Crippen molar-refractivity contribution in [2.45, 2.75) is 52.4 Å². The van der Waals surface area contributed by atoms with Crippen LogP contribution in [0.2, 0.25) is 0 Å². The normalized spacial score (nSPS) is 18.9. The summed E-state index contributed by atoms with van der Waals surface area (Å²) in [7, 11) is 2.30. The second-order valence-corrected chi connectivity index (χ2v) is 5.93. The van der Waals surface area contributed by atoms with E-state index in [1.807, 2.05) is 0 Å². The Kier molecular flexibility index (Phi) is 6.69. The van der Waals surface area contributed by atoms with E-state index in [0.29, 0.717) is 5.91 Å². The molecule has 0 aromatic carbocycles. The van der Waals surface area contributed by atoms with E-state index >= 15 is 0 Å². The van der Waals surface area contributed by atoms with E-state index in [-0.39, 0.29) is 0 Å². The molecule has 0 spiro atoms. The van der Waals surface area contributed by atoms with Crippen molar-refractivity contribution in [3.05, 3.63) is 0 Å². The Morgan fingerprint density at radius 1 is 1.06 bits per heavy atom. The number of carbonyl (C=O) groups excluding carboxylic acids is 1. The lowest BCUT2D eigenvalue weighted by Crippen LogP contribution is -2.58. The second-order valence-electron chi connectivity index (χ2n) is 5.93. The smallest absolute Gasteiger partial charge is 0.222 e. The van der Waals surface area contributed by atoms with Gasteiger partial charge in [0.2, 0.25) is 5.91 Å². The van der Waals surface area contributed by atoms with Crippen molar-refractivity contribution in [2.24, 2.45) is 0 Å². The van der Waals surface area contributed by atoms with Crippen LogP contribution in [0.15, 0.2) is 0 Å². The van der Waals surface area contributed by atoms with Crippen LogP contribution in [0.1, 0.15) is 52.4 Å². The molecule has 0 N–H and O–H groups in total. The Balaban J connectivity index is 2.16. The number of quaternary nitrogens is 1. The number of nitrogens with zero attached hydrogens (tertiary/aromatic N) is 2. The Labute approximate surface area is 113 Å². The molecule has 0 aromatic rings. The van der Waals surface area contributed by atoms with Crippen molar-refractivity contribution in [3.8, 4) is 0 Å². The molecule has 0 atom stereocenters. The van der Waals surface area contributed by atoms with Crippen molar-refractivity contribution in [3.63, 3.8) is 0 Å². The lowest BCUT2D eigenvalue weighted by molar-refractivity contribution is -0.911. The molecule has 18 heavy (non-hydrogen) atoms. The van der Waals surface area contributed by atoms with Gasteiger partial charge in [0.1, 0.15) is 0 Å². The van der Waals surface area contributed by atoms with Gasteiger partial charge in [0.25, 0.3) is 0 Å². The summed E-state index contributed by atoms with van der Waals surface area (Å²) in [4.78, 5) is 14.1. The van der Waals surface area contributed by atoms with Gasteiger partial charge in [-0.15, -0.1) is 0 Å². The number of rotatable bonds is 7. The van der Waals surface area contributed by atoms with Gasteiger partial charge in [-0.2, -0.15) is 0 Å². The number of likely N-dealkylation sites (N-methyl/N-ethyl adjacent to an activating group) is 1.